The van der Waals surface area contributed by atoms with Gasteiger partial charge in [0.1, 0.15) is 6.29 Å². The lowest BCUT2D eigenvalue weighted by atomic mass is 10.1. The van der Waals surface area contributed by atoms with Crippen LogP contribution in [0, 0.1) is 0 Å². The number of allylic oxidation sites excluding steroid dienone is 7. The van der Waals surface area contributed by atoms with Crippen LogP contribution < -0.4 is 0 Å². The summed E-state index contributed by atoms with van der Waals surface area (Å²) in [5.74, 6) is 0. The van der Waals surface area contributed by atoms with Crippen molar-refractivity contribution in [1.82, 2.24) is 0 Å². The van der Waals surface area contributed by atoms with E-state index < -0.39 is 0 Å². The molecule has 0 heterocycles. The number of aliphatic hydroxyl groups is 1. The molecule has 0 saturated heterocycles. The molecule has 140 valence electrons. The van der Waals surface area contributed by atoms with Crippen molar-refractivity contribution in [3.05, 3.63) is 46.6 Å². The maximum absolute atomic E-state index is 10.0. The van der Waals surface area contributed by atoms with Crippen LogP contribution in [0.4, 0.5) is 0 Å². The van der Waals surface area contributed by atoms with Crippen molar-refractivity contribution in [2.24, 2.45) is 0 Å². The molecular weight excluding hydrogens is 296 g/mol. The van der Waals surface area contributed by atoms with E-state index in [-0.39, 0.29) is 6.61 Å². The summed E-state index contributed by atoms with van der Waals surface area (Å²) in [6.07, 6.45) is 12.9. The summed E-state index contributed by atoms with van der Waals surface area (Å²) in [5, 5.41) is 8.55. The zero-order valence-electron chi connectivity index (χ0n) is 17.3. The first-order chi connectivity index (χ1) is 11.3. The van der Waals surface area contributed by atoms with Crippen molar-refractivity contribution in [1.29, 1.82) is 0 Å². The fraction of sp³-hybridized carbons (Fsp3) is 0.591. The Hall–Kier alpha value is -1.41. The Morgan fingerprint density at radius 2 is 1.17 bits per heavy atom. The summed E-state index contributed by atoms with van der Waals surface area (Å²) in [6.45, 7) is 16.6. The van der Waals surface area contributed by atoms with Gasteiger partial charge in [-0.2, -0.15) is 0 Å². The van der Waals surface area contributed by atoms with E-state index >= 15 is 0 Å². The molecule has 0 aliphatic rings. The molecule has 0 aliphatic heterocycles. The van der Waals surface area contributed by atoms with Crippen LogP contribution in [0.1, 0.15) is 81.1 Å². The number of carbonyl (C=O) groups excluding carboxylic acids is 1. The number of hydrogen-bond acceptors (Lipinski definition) is 2. The fourth-order valence-corrected chi connectivity index (χ4v) is 1.63. The van der Waals surface area contributed by atoms with E-state index in [1.807, 2.05) is 26.8 Å². The highest BCUT2D eigenvalue weighted by Crippen LogP contribution is 2.06. The summed E-state index contributed by atoms with van der Waals surface area (Å²) < 4.78 is 0. The summed E-state index contributed by atoms with van der Waals surface area (Å²) in [5.41, 5.74) is 5.12. The molecule has 0 radical (unpaired) electrons. The quantitative estimate of drug-likeness (QED) is 0.309. The zero-order valence-corrected chi connectivity index (χ0v) is 17.3. The molecule has 0 bridgehead atoms. The molecule has 1 N–H and O–H groups in total. The molecule has 0 spiro atoms. The highest BCUT2D eigenvalue weighted by Gasteiger charge is 1.87. The lowest BCUT2D eigenvalue weighted by molar-refractivity contribution is -0.104. The Morgan fingerprint density at radius 1 is 0.750 bits per heavy atom. The number of carbonyl (C=O) groups is 1. The first kappa shape index (κ1) is 27.4. The number of aliphatic hydroxyl groups excluding tert-OH is 1. The summed E-state index contributed by atoms with van der Waals surface area (Å²) in [7, 11) is 0. The highest BCUT2D eigenvalue weighted by atomic mass is 16.2. The molecule has 0 aromatic heterocycles. The van der Waals surface area contributed by atoms with E-state index in [1.54, 1.807) is 6.08 Å². The SMILES string of the molecule is CC.CC(C)=CCC/C(C)=C/C=O.CC(C)=CCC/C(C)=C/CO. The Balaban J connectivity index is -0.000000333. The smallest absolute Gasteiger partial charge is 0.142 e. The van der Waals surface area contributed by atoms with Gasteiger partial charge in [0, 0.05) is 0 Å². The molecule has 0 amide bonds. The van der Waals surface area contributed by atoms with Gasteiger partial charge < -0.3 is 5.11 Å². The van der Waals surface area contributed by atoms with Gasteiger partial charge in [-0.3, -0.25) is 4.79 Å². The third kappa shape index (κ3) is 28.7. The first-order valence-electron chi connectivity index (χ1n) is 8.97. The molecule has 0 rings (SSSR count). The molecule has 0 atom stereocenters. The second-order valence-corrected chi connectivity index (χ2v) is 6.02. The van der Waals surface area contributed by atoms with Crippen LogP contribution in [0.5, 0.6) is 0 Å². The number of hydrogen-bond donors (Lipinski definition) is 1. The standard InChI is InChI=1S/C10H18O.C10H16O.C2H6/c2*1-9(2)5-4-6-10(3)7-8-11;1-2/h5,7,11H,4,6,8H2,1-3H3;5,7-8H,4,6H2,1-3H3;1-2H3/b2*10-7+;. The van der Waals surface area contributed by atoms with E-state index in [1.165, 1.54) is 16.7 Å². The molecule has 2 heteroatoms. The summed E-state index contributed by atoms with van der Waals surface area (Å²) >= 11 is 0. The van der Waals surface area contributed by atoms with Crippen LogP contribution >= 0.6 is 0 Å². The largest absolute Gasteiger partial charge is 0.392 e. The minimum atomic E-state index is 0.167. The minimum Gasteiger partial charge on any atom is -0.392 e. The van der Waals surface area contributed by atoms with E-state index in [0.717, 1.165) is 37.5 Å². The molecule has 2 nitrogen and oxygen atoms in total. The van der Waals surface area contributed by atoms with Gasteiger partial charge in [0.25, 0.3) is 0 Å². The van der Waals surface area contributed by atoms with Gasteiger partial charge in [0.05, 0.1) is 6.61 Å². The van der Waals surface area contributed by atoms with Crippen LogP contribution in [0.15, 0.2) is 46.6 Å². The normalized spacial score (nSPS) is 10.5. The third-order valence-corrected chi connectivity index (χ3v) is 2.97. The molecule has 0 fully saturated rings. The Kier molecular flexibility index (Phi) is 24.7. The van der Waals surface area contributed by atoms with Crippen molar-refractivity contribution in [3.8, 4) is 0 Å². The molecule has 0 aromatic rings. The van der Waals surface area contributed by atoms with E-state index in [9.17, 15) is 4.79 Å². The molecule has 0 aliphatic carbocycles. The second-order valence-electron chi connectivity index (χ2n) is 6.02. The Labute approximate surface area is 151 Å². The van der Waals surface area contributed by atoms with Gasteiger partial charge in [-0.05, 0) is 73.3 Å². The van der Waals surface area contributed by atoms with Gasteiger partial charge in [0.2, 0.25) is 0 Å². The van der Waals surface area contributed by atoms with Gasteiger partial charge in [0.15, 0.2) is 0 Å². The highest BCUT2D eigenvalue weighted by molar-refractivity contribution is 5.65. The van der Waals surface area contributed by atoms with Crippen LogP contribution in [-0.4, -0.2) is 18.0 Å². The maximum Gasteiger partial charge on any atom is 0.142 e. The van der Waals surface area contributed by atoms with Gasteiger partial charge >= 0.3 is 0 Å². The molecule has 0 aromatic carbocycles. The molecule has 0 unspecified atom stereocenters. The topological polar surface area (TPSA) is 37.3 Å². The second kappa shape index (κ2) is 21.6. The average Bonchev–Trinajstić information content (AvgIpc) is 2.49. The van der Waals surface area contributed by atoms with Crippen LogP contribution in [0.3, 0.4) is 0 Å². The van der Waals surface area contributed by atoms with E-state index in [2.05, 4.69) is 46.8 Å². The average molecular weight is 337 g/mol. The molecule has 24 heavy (non-hydrogen) atoms. The summed E-state index contributed by atoms with van der Waals surface area (Å²) in [4.78, 5) is 10.0. The minimum absolute atomic E-state index is 0.167. The predicted octanol–water partition coefficient (Wildman–Crippen LogP) is 6.58. The van der Waals surface area contributed by atoms with E-state index in [0.29, 0.717) is 0 Å². The van der Waals surface area contributed by atoms with Crippen molar-refractivity contribution < 1.29 is 9.90 Å². The van der Waals surface area contributed by atoms with Crippen molar-refractivity contribution in [2.45, 2.75) is 81.1 Å². The predicted molar refractivity (Wildman–Crippen MR) is 109 cm³/mol. The summed E-state index contributed by atoms with van der Waals surface area (Å²) in [6, 6.07) is 0. The van der Waals surface area contributed by atoms with Crippen molar-refractivity contribution in [2.75, 3.05) is 6.61 Å². The monoisotopic (exact) mass is 336 g/mol. The van der Waals surface area contributed by atoms with Gasteiger partial charge in [-0.1, -0.05) is 54.4 Å². The molecular formula is C22H40O2. The van der Waals surface area contributed by atoms with Gasteiger partial charge in [-0.15, -0.1) is 0 Å². The van der Waals surface area contributed by atoms with Crippen molar-refractivity contribution in [3.63, 3.8) is 0 Å². The molecule has 0 saturated carbocycles. The van der Waals surface area contributed by atoms with Crippen LogP contribution in [0.2, 0.25) is 0 Å². The van der Waals surface area contributed by atoms with Crippen LogP contribution in [-0.2, 0) is 4.79 Å². The number of aldehydes is 1. The lowest BCUT2D eigenvalue weighted by Crippen LogP contribution is -1.80. The third-order valence-electron chi connectivity index (χ3n) is 2.97. The van der Waals surface area contributed by atoms with Crippen molar-refractivity contribution >= 4 is 6.29 Å². The number of rotatable bonds is 8. The fourth-order valence-electron chi connectivity index (χ4n) is 1.63. The van der Waals surface area contributed by atoms with Crippen LogP contribution in [0.25, 0.3) is 0 Å². The zero-order chi connectivity index (χ0) is 19.4. The van der Waals surface area contributed by atoms with E-state index in [4.69, 9.17) is 5.11 Å². The lowest BCUT2D eigenvalue weighted by Gasteiger charge is -1.96. The van der Waals surface area contributed by atoms with Gasteiger partial charge in [-0.25, -0.2) is 0 Å². The first-order valence-corrected chi connectivity index (χ1v) is 8.97. The Morgan fingerprint density at radius 3 is 1.50 bits per heavy atom. The Bertz CT molecular complexity index is 402. The maximum atomic E-state index is 10.0.